The summed E-state index contributed by atoms with van der Waals surface area (Å²) in [4.78, 5) is 2.04. The fourth-order valence-corrected chi connectivity index (χ4v) is 2.91. The van der Waals surface area contributed by atoms with E-state index in [0.29, 0.717) is 19.6 Å². The molecule has 0 aliphatic carbocycles. The van der Waals surface area contributed by atoms with Crippen LogP contribution in [0.15, 0.2) is 30.3 Å². The van der Waals surface area contributed by atoms with Crippen LogP contribution in [-0.2, 0) is 20.8 Å². The van der Waals surface area contributed by atoms with Crippen LogP contribution < -0.4 is 0 Å². The first-order chi connectivity index (χ1) is 8.98. The molecule has 0 saturated carbocycles. The molecular formula is C13H16N2O3S. The van der Waals surface area contributed by atoms with Gasteiger partial charge in [-0.1, -0.05) is 30.3 Å². The lowest BCUT2D eigenvalue weighted by Crippen LogP contribution is -2.26. The first-order valence-corrected chi connectivity index (χ1v) is 7.84. The maximum atomic E-state index is 11.2. The molecule has 1 aliphatic heterocycles. The fraction of sp³-hybridized carbons (Fsp3) is 0.462. The highest BCUT2D eigenvalue weighted by atomic mass is 32.2. The van der Waals surface area contributed by atoms with Crippen molar-refractivity contribution >= 4 is 10.1 Å². The molecule has 2 atom stereocenters. The van der Waals surface area contributed by atoms with E-state index in [1.54, 1.807) is 0 Å². The summed E-state index contributed by atoms with van der Waals surface area (Å²) in [6.45, 7) is 1.69. The van der Waals surface area contributed by atoms with E-state index >= 15 is 0 Å². The van der Waals surface area contributed by atoms with Gasteiger partial charge in [-0.2, -0.15) is 13.7 Å². The second-order valence-corrected chi connectivity index (χ2v) is 6.35. The molecule has 0 N–H and O–H groups in total. The Hall–Kier alpha value is -1.42. The Kier molecular flexibility index (Phi) is 4.20. The number of benzene rings is 1. The van der Waals surface area contributed by atoms with E-state index in [9.17, 15) is 8.42 Å². The molecule has 0 amide bonds. The Morgan fingerprint density at radius 2 is 2.05 bits per heavy atom. The summed E-state index contributed by atoms with van der Waals surface area (Å²) in [7, 11) is -3.52. The SMILES string of the molecule is CS(=O)(=O)OC1CN(Cc2ccccc2)CC1C#N. The largest absolute Gasteiger partial charge is 0.295 e. The molecule has 1 heterocycles. The lowest BCUT2D eigenvalue weighted by molar-refractivity contribution is 0.192. The number of rotatable bonds is 4. The van der Waals surface area contributed by atoms with Gasteiger partial charge in [-0.05, 0) is 5.56 Å². The zero-order valence-corrected chi connectivity index (χ0v) is 11.5. The van der Waals surface area contributed by atoms with Crippen LogP contribution in [0.25, 0.3) is 0 Å². The highest BCUT2D eigenvalue weighted by molar-refractivity contribution is 7.86. The van der Waals surface area contributed by atoms with E-state index in [0.717, 1.165) is 11.8 Å². The van der Waals surface area contributed by atoms with Gasteiger partial charge >= 0.3 is 0 Å². The third-order valence-electron chi connectivity index (χ3n) is 3.06. The summed E-state index contributed by atoms with van der Waals surface area (Å²) in [6, 6.07) is 12.0. The molecule has 1 aromatic carbocycles. The Balaban J connectivity index is 2.01. The van der Waals surface area contributed by atoms with E-state index in [4.69, 9.17) is 9.44 Å². The summed E-state index contributed by atoms with van der Waals surface area (Å²) < 4.78 is 27.3. The van der Waals surface area contributed by atoms with Crippen molar-refractivity contribution in [3.63, 3.8) is 0 Å². The van der Waals surface area contributed by atoms with Gasteiger partial charge in [0.2, 0.25) is 0 Å². The van der Waals surface area contributed by atoms with Crippen LogP contribution in [-0.4, -0.2) is 38.8 Å². The van der Waals surface area contributed by atoms with Crippen molar-refractivity contribution in [2.45, 2.75) is 12.6 Å². The number of nitrogens with zero attached hydrogens (tertiary/aromatic N) is 2. The topological polar surface area (TPSA) is 70.4 Å². The summed E-state index contributed by atoms with van der Waals surface area (Å²) in [5.41, 5.74) is 1.14. The molecule has 2 unspecified atom stereocenters. The number of likely N-dealkylation sites (tertiary alicyclic amines) is 1. The van der Waals surface area contributed by atoms with Gasteiger partial charge in [-0.25, -0.2) is 0 Å². The van der Waals surface area contributed by atoms with E-state index in [1.165, 1.54) is 0 Å². The van der Waals surface area contributed by atoms with Crippen molar-refractivity contribution in [2.75, 3.05) is 19.3 Å². The molecule has 2 rings (SSSR count). The molecule has 0 radical (unpaired) electrons. The predicted octanol–water partition coefficient (Wildman–Crippen LogP) is 0.987. The number of nitriles is 1. The van der Waals surface area contributed by atoms with Crippen molar-refractivity contribution in [1.82, 2.24) is 4.90 Å². The maximum absolute atomic E-state index is 11.2. The minimum atomic E-state index is -3.52. The molecule has 0 bridgehead atoms. The standard InChI is InChI=1S/C13H16N2O3S/c1-19(16,17)18-13-10-15(9-12(13)7-14)8-11-5-3-2-4-6-11/h2-6,12-13H,8-10H2,1H3. The van der Waals surface area contributed by atoms with Crippen LogP contribution in [0.5, 0.6) is 0 Å². The molecule has 19 heavy (non-hydrogen) atoms. The zero-order valence-electron chi connectivity index (χ0n) is 10.7. The minimum Gasteiger partial charge on any atom is -0.295 e. The summed E-state index contributed by atoms with van der Waals surface area (Å²) >= 11 is 0. The number of hydrogen-bond acceptors (Lipinski definition) is 5. The van der Waals surface area contributed by atoms with Crippen molar-refractivity contribution in [2.24, 2.45) is 5.92 Å². The second-order valence-electron chi connectivity index (χ2n) is 4.75. The Labute approximate surface area is 113 Å². The van der Waals surface area contributed by atoms with Gasteiger partial charge in [0.05, 0.1) is 18.2 Å². The van der Waals surface area contributed by atoms with Crippen LogP contribution in [0.3, 0.4) is 0 Å². The Bertz CT molecular complexity index is 565. The average Bonchev–Trinajstić information content (AvgIpc) is 2.70. The van der Waals surface area contributed by atoms with Gasteiger partial charge in [-0.3, -0.25) is 9.08 Å². The van der Waals surface area contributed by atoms with E-state index in [-0.39, 0.29) is 0 Å². The molecule has 1 aromatic rings. The van der Waals surface area contributed by atoms with Crippen molar-refractivity contribution in [3.8, 4) is 6.07 Å². The monoisotopic (exact) mass is 280 g/mol. The van der Waals surface area contributed by atoms with Crippen LogP contribution in [0.1, 0.15) is 5.56 Å². The number of hydrogen-bond donors (Lipinski definition) is 0. The Morgan fingerprint density at radius 1 is 1.37 bits per heavy atom. The smallest absolute Gasteiger partial charge is 0.264 e. The normalized spacial score (nSPS) is 24.2. The molecule has 0 spiro atoms. The molecular weight excluding hydrogens is 264 g/mol. The lowest BCUT2D eigenvalue weighted by Gasteiger charge is -2.15. The molecule has 5 nitrogen and oxygen atoms in total. The summed E-state index contributed by atoms with van der Waals surface area (Å²) in [6.07, 6.45) is 0.449. The van der Waals surface area contributed by atoms with Crippen molar-refractivity contribution in [3.05, 3.63) is 35.9 Å². The van der Waals surface area contributed by atoms with Crippen LogP contribution in [0, 0.1) is 17.2 Å². The van der Waals surface area contributed by atoms with Crippen molar-refractivity contribution < 1.29 is 12.6 Å². The van der Waals surface area contributed by atoms with Gasteiger partial charge in [0, 0.05) is 19.6 Å². The van der Waals surface area contributed by atoms with Crippen LogP contribution >= 0.6 is 0 Å². The van der Waals surface area contributed by atoms with Gasteiger partial charge in [0.15, 0.2) is 0 Å². The van der Waals surface area contributed by atoms with Gasteiger partial charge in [0.1, 0.15) is 6.10 Å². The third kappa shape index (κ3) is 4.03. The molecule has 6 heteroatoms. The molecule has 1 saturated heterocycles. The lowest BCUT2D eigenvalue weighted by atomic mass is 10.1. The first-order valence-electron chi connectivity index (χ1n) is 6.02. The van der Waals surface area contributed by atoms with Crippen LogP contribution in [0.4, 0.5) is 0 Å². The summed E-state index contributed by atoms with van der Waals surface area (Å²) in [5.74, 6) is -0.404. The highest BCUT2D eigenvalue weighted by Crippen LogP contribution is 2.22. The Morgan fingerprint density at radius 3 is 2.63 bits per heavy atom. The molecule has 102 valence electrons. The predicted molar refractivity (Wildman–Crippen MR) is 70.5 cm³/mol. The molecule has 1 aliphatic rings. The highest BCUT2D eigenvalue weighted by Gasteiger charge is 2.35. The van der Waals surface area contributed by atoms with Gasteiger partial charge in [-0.15, -0.1) is 0 Å². The average molecular weight is 280 g/mol. The van der Waals surface area contributed by atoms with Crippen molar-refractivity contribution in [1.29, 1.82) is 5.26 Å². The molecule has 1 fully saturated rings. The molecule has 0 aromatic heterocycles. The quantitative estimate of drug-likeness (QED) is 0.769. The maximum Gasteiger partial charge on any atom is 0.264 e. The van der Waals surface area contributed by atoms with E-state index < -0.39 is 22.1 Å². The summed E-state index contributed by atoms with van der Waals surface area (Å²) in [5, 5.41) is 9.07. The minimum absolute atomic E-state index is 0.404. The zero-order chi connectivity index (χ0) is 13.9. The van der Waals surface area contributed by atoms with E-state index in [2.05, 4.69) is 6.07 Å². The van der Waals surface area contributed by atoms with Gasteiger partial charge in [0.25, 0.3) is 10.1 Å². The fourth-order valence-electron chi connectivity index (χ4n) is 2.27. The third-order valence-corrected chi connectivity index (χ3v) is 3.65. The second kappa shape index (κ2) is 5.70. The van der Waals surface area contributed by atoms with E-state index in [1.807, 2.05) is 35.2 Å². The first kappa shape index (κ1) is 14.0. The van der Waals surface area contributed by atoms with Crippen LogP contribution in [0.2, 0.25) is 0 Å². The van der Waals surface area contributed by atoms with Gasteiger partial charge < -0.3 is 0 Å².